The number of amides is 2. The molecule has 1 N–H and O–H groups in total. The van der Waals surface area contributed by atoms with Crippen molar-refractivity contribution in [3.63, 3.8) is 0 Å². The van der Waals surface area contributed by atoms with Crippen LogP contribution in [0.5, 0.6) is 0 Å². The largest absolute Gasteiger partial charge is 0.336 e. The zero-order valence-corrected chi connectivity index (χ0v) is 19.5. The topological polar surface area (TPSA) is 93.0 Å². The van der Waals surface area contributed by atoms with Crippen LogP contribution < -0.4 is 5.32 Å². The summed E-state index contributed by atoms with van der Waals surface area (Å²) >= 11 is 1.30. The molecule has 2 aromatic heterocycles. The van der Waals surface area contributed by atoms with Gasteiger partial charge in [0.15, 0.2) is 5.65 Å². The van der Waals surface area contributed by atoms with Gasteiger partial charge in [-0.15, -0.1) is 0 Å². The Labute approximate surface area is 196 Å². The molecule has 2 aromatic carbocycles. The van der Waals surface area contributed by atoms with Crippen LogP contribution in [0.15, 0.2) is 66.1 Å². The predicted molar refractivity (Wildman–Crippen MR) is 130 cm³/mol. The van der Waals surface area contributed by atoms with Crippen molar-refractivity contribution in [2.24, 2.45) is 0 Å². The predicted octanol–water partition coefficient (Wildman–Crippen LogP) is 3.62. The molecule has 33 heavy (non-hydrogen) atoms. The van der Waals surface area contributed by atoms with Gasteiger partial charge in [0.25, 0.3) is 0 Å². The summed E-state index contributed by atoms with van der Waals surface area (Å²) in [6.45, 7) is 3.85. The molecule has 0 aliphatic carbocycles. The van der Waals surface area contributed by atoms with Crippen LogP contribution in [0.3, 0.4) is 0 Å². The van der Waals surface area contributed by atoms with Gasteiger partial charge in [-0.25, -0.2) is 14.6 Å². The van der Waals surface area contributed by atoms with Crippen molar-refractivity contribution in [1.82, 2.24) is 24.6 Å². The number of rotatable bonds is 7. The smallest absolute Gasteiger partial charge is 0.243 e. The number of anilines is 1. The number of carbonyl (C=O) groups excluding carboxylic acids is 2. The number of aryl methyl sites for hydroxylation is 2. The number of hydrogen-bond donors (Lipinski definition) is 1. The first-order valence-corrected chi connectivity index (χ1v) is 11.4. The number of nitrogens with zero attached hydrogens (tertiary/aromatic N) is 5. The molecule has 2 heterocycles. The lowest BCUT2D eigenvalue weighted by molar-refractivity contribution is -0.131. The first-order valence-electron chi connectivity index (χ1n) is 10.4. The number of fused-ring (bicyclic) bond motifs is 1. The van der Waals surface area contributed by atoms with E-state index in [9.17, 15) is 9.59 Å². The Bertz CT molecular complexity index is 1280. The zero-order valence-electron chi connectivity index (χ0n) is 18.6. The molecular formula is C24H24N6O2S. The third-order valence-corrected chi connectivity index (χ3v) is 6.20. The van der Waals surface area contributed by atoms with Crippen molar-refractivity contribution in [2.75, 3.05) is 24.7 Å². The molecule has 0 bridgehead atoms. The van der Waals surface area contributed by atoms with E-state index in [1.807, 2.05) is 62.4 Å². The van der Waals surface area contributed by atoms with Crippen molar-refractivity contribution in [3.8, 4) is 5.69 Å². The molecule has 9 heteroatoms. The molecule has 0 spiro atoms. The van der Waals surface area contributed by atoms with Gasteiger partial charge >= 0.3 is 0 Å². The fourth-order valence-corrected chi connectivity index (χ4v) is 4.33. The lowest BCUT2D eigenvalue weighted by Gasteiger charge is -2.18. The van der Waals surface area contributed by atoms with Crippen LogP contribution in [0.4, 0.5) is 5.69 Å². The van der Waals surface area contributed by atoms with Crippen molar-refractivity contribution < 1.29 is 9.59 Å². The van der Waals surface area contributed by atoms with Gasteiger partial charge < -0.3 is 10.2 Å². The summed E-state index contributed by atoms with van der Waals surface area (Å²) in [6, 6.07) is 15.5. The second-order valence-electron chi connectivity index (χ2n) is 7.66. The second-order valence-corrected chi connectivity index (χ2v) is 8.63. The van der Waals surface area contributed by atoms with E-state index >= 15 is 0 Å². The lowest BCUT2D eigenvalue weighted by atomic mass is 10.1. The first kappa shape index (κ1) is 22.5. The minimum atomic E-state index is -0.234. The van der Waals surface area contributed by atoms with Crippen LogP contribution in [-0.2, 0) is 9.59 Å². The summed E-state index contributed by atoms with van der Waals surface area (Å²) < 4.78 is 1.74. The van der Waals surface area contributed by atoms with E-state index in [-0.39, 0.29) is 24.1 Å². The normalized spacial score (nSPS) is 10.9. The maximum Gasteiger partial charge on any atom is 0.243 e. The molecule has 2 amide bonds. The molecule has 0 unspecified atom stereocenters. The Morgan fingerprint density at radius 1 is 1.03 bits per heavy atom. The van der Waals surface area contributed by atoms with Gasteiger partial charge in [-0.05, 0) is 37.1 Å². The average Bonchev–Trinajstić information content (AvgIpc) is 3.25. The van der Waals surface area contributed by atoms with Gasteiger partial charge in [0, 0.05) is 12.7 Å². The fourth-order valence-electron chi connectivity index (χ4n) is 3.43. The molecule has 4 aromatic rings. The van der Waals surface area contributed by atoms with Crippen molar-refractivity contribution in [2.45, 2.75) is 18.9 Å². The number of thioether (sulfide) groups is 1. The van der Waals surface area contributed by atoms with Crippen LogP contribution in [0.1, 0.15) is 11.1 Å². The number of benzene rings is 2. The van der Waals surface area contributed by atoms with Crippen molar-refractivity contribution in [3.05, 3.63) is 72.2 Å². The second kappa shape index (κ2) is 9.83. The highest BCUT2D eigenvalue weighted by atomic mass is 32.2. The Hall–Kier alpha value is -3.72. The van der Waals surface area contributed by atoms with Crippen LogP contribution in [0.25, 0.3) is 16.7 Å². The lowest BCUT2D eigenvalue weighted by Crippen LogP contribution is -2.36. The van der Waals surface area contributed by atoms with Gasteiger partial charge in [0.2, 0.25) is 11.8 Å². The molecule has 168 valence electrons. The molecule has 0 atom stereocenters. The van der Waals surface area contributed by atoms with Gasteiger partial charge in [0.05, 0.1) is 29.6 Å². The monoisotopic (exact) mass is 460 g/mol. The third-order valence-electron chi connectivity index (χ3n) is 5.21. The molecule has 8 nitrogen and oxygen atoms in total. The summed E-state index contributed by atoms with van der Waals surface area (Å²) in [5.41, 5.74) is 4.32. The maximum atomic E-state index is 12.7. The van der Waals surface area contributed by atoms with E-state index < -0.39 is 0 Å². The number of para-hydroxylation sites is 2. The Balaban J connectivity index is 1.39. The summed E-state index contributed by atoms with van der Waals surface area (Å²) in [6.07, 6.45) is 3.18. The quantitative estimate of drug-likeness (QED) is 0.334. The number of nitrogens with one attached hydrogen (secondary N) is 1. The van der Waals surface area contributed by atoms with Gasteiger partial charge in [-0.2, -0.15) is 5.10 Å². The van der Waals surface area contributed by atoms with Crippen LogP contribution in [0, 0.1) is 13.8 Å². The Kier molecular flexibility index (Phi) is 6.69. The van der Waals surface area contributed by atoms with E-state index in [0.29, 0.717) is 10.7 Å². The standard InChI is InChI=1S/C24H24N6O2S/c1-16-8-7-9-17(2)22(16)28-20(31)13-29(3)21(32)14-33-24-19-12-27-30(23(19)25-15-26-24)18-10-5-4-6-11-18/h4-12,15H,13-14H2,1-3H3,(H,28,31). The van der Waals surface area contributed by atoms with E-state index in [1.165, 1.54) is 23.0 Å². The summed E-state index contributed by atoms with van der Waals surface area (Å²) in [4.78, 5) is 35.2. The first-order chi connectivity index (χ1) is 15.9. The minimum Gasteiger partial charge on any atom is -0.336 e. The SMILES string of the molecule is Cc1cccc(C)c1NC(=O)CN(C)C(=O)CSc1ncnc2c1cnn2-c1ccccc1. The summed E-state index contributed by atoms with van der Waals surface area (Å²) in [7, 11) is 1.62. The van der Waals surface area contributed by atoms with Crippen LogP contribution in [-0.4, -0.2) is 55.8 Å². The fraction of sp³-hybridized carbons (Fsp3) is 0.208. The van der Waals surface area contributed by atoms with Gasteiger partial charge in [-0.3, -0.25) is 9.59 Å². The molecule has 0 aliphatic heterocycles. The van der Waals surface area contributed by atoms with Crippen LogP contribution in [0.2, 0.25) is 0 Å². The minimum absolute atomic E-state index is 0.0295. The number of carbonyl (C=O) groups is 2. The molecule has 0 radical (unpaired) electrons. The highest BCUT2D eigenvalue weighted by molar-refractivity contribution is 8.00. The molecule has 4 rings (SSSR count). The number of aromatic nitrogens is 4. The van der Waals surface area contributed by atoms with E-state index in [1.54, 1.807) is 17.9 Å². The molecule has 0 aliphatic rings. The van der Waals surface area contributed by atoms with Crippen molar-refractivity contribution >= 4 is 40.3 Å². The van der Waals surface area contributed by atoms with E-state index in [4.69, 9.17) is 0 Å². The van der Waals surface area contributed by atoms with E-state index in [2.05, 4.69) is 20.4 Å². The summed E-state index contributed by atoms with van der Waals surface area (Å²) in [5.74, 6) is -0.254. The zero-order chi connectivity index (χ0) is 23.4. The maximum absolute atomic E-state index is 12.7. The Morgan fingerprint density at radius 3 is 2.48 bits per heavy atom. The van der Waals surface area contributed by atoms with Gasteiger partial charge in [0.1, 0.15) is 11.4 Å². The third kappa shape index (κ3) is 5.04. The summed E-state index contributed by atoms with van der Waals surface area (Å²) in [5, 5.41) is 8.79. The Morgan fingerprint density at radius 2 is 1.76 bits per heavy atom. The highest BCUT2D eigenvalue weighted by Gasteiger charge is 2.17. The molecule has 0 saturated heterocycles. The van der Waals surface area contributed by atoms with Crippen LogP contribution >= 0.6 is 11.8 Å². The molecular weight excluding hydrogens is 436 g/mol. The van der Waals surface area contributed by atoms with E-state index in [0.717, 1.165) is 27.9 Å². The average molecular weight is 461 g/mol. The number of likely N-dealkylation sites (N-methyl/N-ethyl adjacent to an activating group) is 1. The molecule has 0 fully saturated rings. The van der Waals surface area contributed by atoms with Crippen molar-refractivity contribution in [1.29, 1.82) is 0 Å². The van der Waals surface area contributed by atoms with Gasteiger partial charge in [-0.1, -0.05) is 48.2 Å². The number of hydrogen-bond acceptors (Lipinski definition) is 6. The highest BCUT2D eigenvalue weighted by Crippen LogP contribution is 2.26. The molecule has 0 saturated carbocycles.